The highest BCUT2D eigenvalue weighted by atomic mass is 32.2. The summed E-state index contributed by atoms with van der Waals surface area (Å²) in [5.74, 6) is 1.30. The molecule has 1 aromatic rings. The Hall–Kier alpha value is -1.20. The van der Waals surface area contributed by atoms with Crippen LogP contribution in [0.2, 0.25) is 0 Å². The third kappa shape index (κ3) is 2.40. The molecule has 20 heavy (non-hydrogen) atoms. The lowest BCUT2D eigenvalue weighted by molar-refractivity contribution is -0.162. The van der Waals surface area contributed by atoms with Gasteiger partial charge in [0.15, 0.2) is 5.78 Å². The third-order valence-corrected chi connectivity index (χ3v) is 6.15. The normalized spacial score (nSPS) is 26.9. The van der Waals surface area contributed by atoms with Gasteiger partial charge < -0.3 is 4.74 Å². The van der Waals surface area contributed by atoms with Gasteiger partial charge in [0.1, 0.15) is 11.2 Å². The first-order valence-electron chi connectivity index (χ1n) is 6.42. The number of ether oxygens (including phenoxy) is 1. The number of ketones is 1. The summed E-state index contributed by atoms with van der Waals surface area (Å²) < 4.78 is 6.44. The highest BCUT2D eigenvalue weighted by Gasteiger charge is 2.43. The summed E-state index contributed by atoms with van der Waals surface area (Å²) in [7, 11) is 0. The minimum absolute atomic E-state index is 0.107. The number of hydrogen-bond acceptors (Lipinski definition) is 5. The molecule has 0 aromatic heterocycles. The van der Waals surface area contributed by atoms with Gasteiger partial charge in [-0.25, -0.2) is 4.79 Å². The van der Waals surface area contributed by atoms with E-state index in [2.05, 4.69) is 0 Å². The van der Waals surface area contributed by atoms with Crippen LogP contribution in [0.15, 0.2) is 40.1 Å². The molecule has 1 aromatic carbocycles. The van der Waals surface area contributed by atoms with Crippen molar-refractivity contribution in [3.05, 3.63) is 45.7 Å². The molecule has 0 bridgehead atoms. The fraction of sp³-hybridized carbons (Fsp3) is 0.333. The zero-order valence-electron chi connectivity index (χ0n) is 11.0. The molecule has 5 heteroatoms. The molecule has 2 saturated heterocycles. The lowest BCUT2D eigenvalue weighted by atomic mass is 9.86. The number of esters is 1. The maximum absolute atomic E-state index is 12.4. The molecule has 1 atom stereocenters. The lowest BCUT2D eigenvalue weighted by Gasteiger charge is -2.34. The standard InChI is InChI=1S/C15H14O3S2/c1-15(10-5-3-2-4-6-10)9-11(16)12(13(17)18-15)14-19-7-8-20-14/h2-6H,7-9H2,1H3. The van der Waals surface area contributed by atoms with Crippen LogP contribution >= 0.6 is 23.5 Å². The molecular formula is C15H14O3S2. The Morgan fingerprint density at radius 3 is 2.35 bits per heavy atom. The Kier molecular flexibility index (Phi) is 3.65. The minimum Gasteiger partial charge on any atom is -0.450 e. The summed E-state index contributed by atoms with van der Waals surface area (Å²) in [6.07, 6.45) is 0.211. The highest BCUT2D eigenvalue weighted by molar-refractivity contribution is 8.25. The summed E-state index contributed by atoms with van der Waals surface area (Å²) in [6, 6.07) is 9.44. The third-order valence-electron chi connectivity index (χ3n) is 3.44. The van der Waals surface area contributed by atoms with Crippen molar-refractivity contribution in [1.29, 1.82) is 0 Å². The van der Waals surface area contributed by atoms with Crippen molar-refractivity contribution in [2.75, 3.05) is 11.5 Å². The van der Waals surface area contributed by atoms with E-state index < -0.39 is 11.6 Å². The largest absolute Gasteiger partial charge is 0.450 e. The highest BCUT2D eigenvalue weighted by Crippen LogP contribution is 2.43. The Bertz CT molecular complexity index is 564. The molecule has 0 saturated carbocycles. The van der Waals surface area contributed by atoms with Gasteiger partial charge in [-0.15, -0.1) is 23.5 Å². The average Bonchev–Trinajstić information content (AvgIpc) is 2.92. The molecule has 2 aliphatic heterocycles. The number of cyclic esters (lactones) is 1. The van der Waals surface area contributed by atoms with Gasteiger partial charge in [-0.1, -0.05) is 30.3 Å². The van der Waals surface area contributed by atoms with E-state index in [-0.39, 0.29) is 17.8 Å². The maximum Gasteiger partial charge on any atom is 0.344 e. The van der Waals surface area contributed by atoms with E-state index in [9.17, 15) is 9.59 Å². The number of carbonyl (C=O) groups excluding carboxylic acids is 2. The Labute approximate surface area is 126 Å². The first kappa shape index (κ1) is 13.8. The van der Waals surface area contributed by atoms with Gasteiger partial charge in [0.2, 0.25) is 0 Å². The van der Waals surface area contributed by atoms with Crippen LogP contribution in [-0.4, -0.2) is 23.3 Å². The first-order chi connectivity index (χ1) is 9.60. The summed E-state index contributed by atoms with van der Waals surface area (Å²) >= 11 is 3.15. The van der Waals surface area contributed by atoms with Crippen molar-refractivity contribution in [1.82, 2.24) is 0 Å². The van der Waals surface area contributed by atoms with Crippen molar-refractivity contribution in [3.8, 4) is 0 Å². The minimum atomic E-state index is -0.854. The molecule has 0 N–H and O–H groups in total. The van der Waals surface area contributed by atoms with E-state index >= 15 is 0 Å². The molecule has 2 heterocycles. The van der Waals surface area contributed by atoms with Crippen molar-refractivity contribution in [2.24, 2.45) is 0 Å². The molecule has 0 amide bonds. The summed E-state index contributed by atoms with van der Waals surface area (Å²) in [5, 5.41) is 0. The predicted octanol–water partition coefficient (Wildman–Crippen LogP) is 3.11. The van der Waals surface area contributed by atoms with E-state index in [1.807, 2.05) is 30.3 Å². The molecule has 0 radical (unpaired) electrons. The Morgan fingerprint density at radius 2 is 1.75 bits per heavy atom. The molecular weight excluding hydrogens is 292 g/mol. The second-order valence-corrected chi connectivity index (χ2v) is 7.41. The summed E-state index contributed by atoms with van der Waals surface area (Å²) in [4.78, 5) is 24.6. The van der Waals surface area contributed by atoms with Gasteiger partial charge in [0.05, 0.1) is 10.7 Å². The quantitative estimate of drug-likeness (QED) is 0.453. The lowest BCUT2D eigenvalue weighted by Crippen LogP contribution is -2.39. The SMILES string of the molecule is CC1(c2ccccc2)CC(=O)C(=C2SCCS2)C(=O)O1. The van der Waals surface area contributed by atoms with Gasteiger partial charge in [-0.05, 0) is 12.5 Å². The van der Waals surface area contributed by atoms with Gasteiger partial charge in [0.25, 0.3) is 0 Å². The second kappa shape index (κ2) is 5.30. The smallest absolute Gasteiger partial charge is 0.344 e. The zero-order chi connectivity index (χ0) is 14.2. The molecule has 2 aliphatic rings. The van der Waals surface area contributed by atoms with Crippen LogP contribution in [-0.2, 0) is 19.9 Å². The van der Waals surface area contributed by atoms with E-state index in [4.69, 9.17) is 4.74 Å². The van der Waals surface area contributed by atoms with Crippen LogP contribution in [0.25, 0.3) is 0 Å². The molecule has 0 spiro atoms. The second-order valence-electron chi connectivity index (χ2n) is 4.95. The Balaban J connectivity index is 1.94. The molecule has 2 fully saturated rings. The molecule has 3 nitrogen and oxygen atoms in total. The monoisotopic (exact) mass is 306 g/mol. The van der Waals surface area contributed by atoms with E-state index in [0.717, 1.165) is 21.3 Å². The van der Waals surface area contributed by atoms with Crippen LogP contribution in [0.5, 0.6) is 0 Å². The van der Waals surface area contributed by atoms with Crippen molar-refractivity contribution in [3.63, 3.8) is 0 Å². The van der Waals surface area contributed by atoms with Crippen LogP contribution in [0.1, 0.15) is 18.9 Å². The maximum atomic E-state index is 12.4. The van der Waals surface area contributed by atoms with Crippen molar-refractivity contribution in [2.45, 2.75) is 18.9 Å². The van der Waals surface area contributed by atoms with E-state index in [0.29, 0.717) is 0 Å². The number of benzene rings is 1. The topological polar surface area (TPSA) is 43.4 Å². The van der Waals surface area contributed by atoms with E-state index in [1.54, 1.807) is 30.4 Å². The fourth-order valence-electron chi connectivity index (χ4n) is 2.40. The van der Waals surface area contributed by atoms with Gasteiger partial charge in [0, 0.05) is 11.5 Å². The molecule has 104 valence electrons. The predicted molar refractivity (Wildman–Crippen MR) is 81.5 cm³/mol. The number of carbonyl (C=O) groups is 2. The van der Waals surface area contributed by atoms with Crippen molar-refractivity contribution < 1.29 is 14.3 Å². The van der Waals surface area contributed by atoms with Crippen LogP contribution in [0.3, 0.4) is 0 Å². The van der Waals surface area contributed by atoms with Crippen LogP contribution < -0.4 is 0 Å². The van der Waals surface area contributed by atoms with Crippen LogP contribution in [0, 0.1) is 0 Å². The molecule has 3 rings (SSSR count). The molecule has 1 unspecified atom stereocenters. The van der Waals surface area contributed by atoms with Crippen molar-refractivity contribution >= 4 is 35.3 Å². The first-order valence-corrected chi connectivity index (χ1v) is 8.39. The Morgan fingerprint density at radius 1 is 1.10 bits per heavy atom. The average molecular weight is 306 g/mol. The summed E-state index contributed by atoms with van der Waals surface area (Å²) in [6.45, 7) is 1.80. The van der Waals surface area contributed by atoms with E-state index in [1.165, 1.54) is 0 Å². The van der Waals surface area contributed by atoms with Crippen LogP contribution in [0.4, 0.5) is 0 Å². The van der Waals surface area contributed by atoms with Gasteiger partial charge >= 0.3 is 5.97 Å². The molecule has 0 aliphatic carbocycles. The number of Topliss-reactive ketones (excluding diaryl/α,β-unsaturated/α-hetero) is 1. The van der Waals surface area contributed by atoms with Gasteiger partial charge in [-0.2, -0.15) is 0 Å². The summed E-state index contributed by atoms with van der Waals surface area (Å²) in [5.41, 5.74) is 0.260. The number of rotatable bonds is 1. The zero-order valence-corrected chi connectivity index (χ0v) is 12.7. The number of hydrogen-bond donors (Lipinski definition) is 0. The fourth-order valence-corrected chi connectivity index (χ4v) is 4.96. The van der Waals surface area contributed by atoms with Gasteiger partial charge in [-0.3, -0.25) is 4.79 Å². The number of thioether (sulfide) groups is 2.